The van der Waals surface area contributed by atoms with Crippen LogP contribution in [0.3, 0.4) is 0 Å². The summed E-state index contributed by atoms with van der Waals surface area (Å²) < 4.78 is 0. The first-order valence-electron chi connectivity index (χ1n) is 6.76. The topological polar surface area (TPSA) is 20.2 Å². The van der Waals surface area contributed by atoms with E-state index < -0.39 is 5.60 Å². The predicted octanol–water partition coefficient (Wildman–Crippen LogP) is 3.92. The second kappa shape index (κ2) is 3.87. The Morgan fingerprint density at radius 3 is 2.62 bits per heavy atom. The first-order valence-corrected chi connectivity index (χ1v) is 6.76. The van der Waals surface area contributed by atoms with Gasteiger partial charge in [0.1, 0.15) is 0 Å². The molecule has 2 aliphatic rings. The highest BCUT2D eigenvalue weighted by Crippen LogP contribution is 2.54. The van der Waals surface area contributed by atoms with Crippen LogP contribution in [0.4, 0.5) is 0 Å². The first-order chi connectivity index (χ1) is 7.37. The van der Waals surface area contributed by atoms with Crippen LogP contribution in [0.2, 0.25) is 0 Å². The van der Waals surface area contributed by atoms with Crippen LogP contribution in [0.15, 0.2) is 11.6 Å². The fourth-order valence-electron chi connectivity index (χ4n) is 3.68. The van der Waals surface area contributed by atoms with E-state index >= 15 is 0 Å². The molecule has 0 aromatic heterocycles. The highest BCUT2D eigenvalue weighted by atomic mass is 16.3. The lowest BCUT2D eigenvalue weighted by atomic mass is 9.55. The van der Waals surface area contributed by atoms with Gasteiger partial charge in [-0.25, -0.2) is 0 Å². The monoisotopic (exact) mass is 222 g/mol. The minimum absolute atomic E-state index is 0.381. The van der Waals surface area contributed by atoms with E-state index in [1.807, 2.05) is 0 Å². The summed E-state index contributed by atoms with van der Waals surface area (Å²) in [6, 6.07) is 0. The quantitative estimate of drug-likeness (QED) is 0.667. The number of fused-ring (bicyclic) bond motifs is 1. The number of hydrogen-bond acceptors (Lipinski definition) is 1. The molecule has 0 aromatic carbocycles. The summed E-state index contributed by atoms with van der Waals surface area (Å²) >= 11 is 0. The van der Waals surface area contributed by atoms with E-state index in [-0.39, 0.29) is 0 Å². The van der Waals surface area contributed by atoms with Crippen LogP contribution in [0.25, 0.3) is 0 Å². The minimum Gasteiger partial charge on any atom is -0.390 e. The van der Waals surface area contributed by atoms with Crippen molar-refractivity contribution < 1.29 is 5.11 Å². The first kappa shape index (κ1) is 12.2. The molecule has 0 saturated heterocycles. The summed E-state index contributed by atoms with van der Waals surface area (Å²) in [6.07, 6.45) is 8.09. The second-order valence-corrected chi connectivity index (χ2v) is 6.66. The molecule has 1 unspecified atom stereocenters. The van der Waals surface area contributed by atoms with Crippen LogP contribution in [0, 0.1) is 17.3 Å². The largest absolute Gasteiger partial charge is 0.390 e. The number of allylic oxidation sites excluding steroid dienone is 2. The van der Waals surface area contributed by atoms with Gasteiger partial charge in [0.25, 0.3) is 0 Å². The van der Waals surface area contributed by atoms with Gasteiger partial charge in [-0.2, -0.15) is 0 Å². The lowest BCUT2D eigenvalue weighted by Crippen LogP contribution is -2.48. The molecule has 1 saturated carbocycles. The van der Waals surface area contributed by atoms with Crippen molar-refractivity contribution in [3.63, 3.8) is 0 Å². The Morgan fingerprint density at radius 2 is 2.00 bits per heavy atom. The van der Waals surface area contributed by atoms with Crippen LogP contribution in [-0.4, -0.2) is 10.7 Å². The van der Waals surface area contributed by atoms with E-state index in [1.54, 1.807) is 0 Å². The second-order valence-electron chi connectivity index (χ2n) is 6.66. The van der Waals surface area contributed by atoms with Crippen molar-refractivity contribution in [3.8, 4) is 0 Å². The normalized spacial score (nSPS) is 44.1. The molecule has 92 valence electrons. The van der Waals surface area contributed by atoms with Gasteiger partial charge >= 0.3 is 0 Å². The predicted molar refractivity (Wildman–Crippen MR) is 68.2 cm³/mol. The Kier molecular flexibility index (Phi) is 2.94. The van der Waals surface area contributed by atoms with Gasteiger partial charge in [-0.1, -0.05) is 32.4 Å². The van der Waals surface area contributed by atoms with Crippen LogP contribution < -0.4 is 0 Å². The van der Waals surface area contributed by atoms with Crippen LogP contribution in [0.5, 0.6) is 0 Å². The Labute approximate surface area is 99.9 Å². The number of aliphatic hydroxyl groups is 1. The summed E-state index contributed by atoms with van der Waals surface area (Å²) in [7, 11) is 0. The van der Waals surface area contributed by atoms with Gasteiger partial charge in [0.15, 0.2) is 0 Å². The molecule has 2 aliphatic carbocycles. The summed E-state index contributed by atoms with van der Waals surface area (Å²) in [5.74, 6) is 0.995. The molecule has 16 heavy (non-hydrogen) atoms. The molecule has 1 N–H and O–H groups in total. The highest BCUT2D eigenvalue weighted by molar-refractivity contribution is 5.16. The SMILES string of the molecule is CC1=CCC[C@]2(C)CC[C@@](O)(C(C)C)CC12. The minimum atomic E-state index is -0.420. The van der Waals surface area contributed by atoms with Gasteiger partial charge in [0.2, 0.25) is 0 Å². The molecule has 2 rings (SSSR count). The van der Waals surface area contributed by atoms with Gasteiger partial charge in [0.05, 0.1) is 5.60 Å². The van der Waals surface area contributed by atoms with E-state index in [9.17, 15) is 5.11 Å². The van der Waals surface area contributed by atoms with Gasteiger partial charge in [-0.05, 0) is 56.3 Å². The molecule has 1 nitrogen and oxygen atoms in total. The summed E-state index contributed by atoms with van der Waals surface area (Å²) in [6.45, 7) is 9.00. The zero-order valence-corrected chi connectivity index (χ0v) is 11.2. The van der Waals surface area contributed by atoms with E-state index in [1.165, 1.54) is 24.8 Å². The third-order valence-electron chi connectivity index (χ3n) is 5.33. The van der Waals surface area contributed by atoms with Gasteiger partial charge < -0.3 is 5.11 Å². The van der Waals surface area contributed by atoms with Crippen LogP contribution in [-0.2, 0) is 0 Å². The molecule has 1 heteroatoms. The standard InChI is InChI=1S/C15H26O/c1-11(2)15(16)9-8-14(4)7-5-6-12(3)13(14)10-15/h6,11,13,16H,5,7-10H2,1-4H3/t13?,14-,15+/m1/s1. The molecular formula is C15H26O. The number of hydrogen-bond donors (Lipinski definition) is 1. The maximum atomic E-state index is 10.7. The molecule has 0 bridgehead atoms. The summed E-state index contributed by atoms with van der Waals surface area (Å²) in [5.41, 5.74) is 1.56. The molecule has 0 aromatic rings. The smallest absolute Gasteiger partial charge is 0.0676 e. The van der Waals surface area contributed by atoms with Crippen molar-refractivity contribution in [1.29, 1.82) is 0 Å². The lowest BCUT2D eigenvalue weighted by molar-refractivity contribution is -0.0883. The fraction of sp³-hybridized carbons (Fsp3) is 0.867. The van der Waals surface area contributed by atoms with Crippen molar-refractivity contribution in [2.24, 2.45) is 17.3 Å². The molecule has 0 aliphatic heterocycles. The Hall–Kier alpha value is -0.300. The lowest BCUT2D eigenvalue weighted by Gasteiger charge is -2.52. The molecule has 0 amide bonds. The average molecular weight is 222 g/mol. The van der Waals surface area contributed by atoms with Crippen molar-refractivity contribution >= 4 is 0 Å². The van der Waals surface area contributed by atoms with Crippen molar-refractivity contribution in [1.82, 2.24) is 0 Å². The Morgan fingerprint density at radius 1 is 1.31 bits per heavy atom. The molecule has 1 fully saturated rings. The van der Waals surface area contributed by atoms with E-state index in [0.717, 1.165) is 12.8 Å². The number of rotatable bonds is 1. The van der Waals surface area contributed by atoms with Gasteiger partial charge in [0, 0.05) is 0 Å². The highest BCUT2D eigenvalue weighted by Gasteiger charge is 2.48. The van der Waals surface area contributed by atoms with Crippen LogP contribution in [0.1, 0.15) is 59.8 Å². The van der Waals surface area contributed by atoms with Crippen LogP contribution >= 0.6 is 0 Å². The summed E-state index contributed by atoms with van der Waals surface area (Å²) in [4.78, 5) is 0. The third kappa shape index (κ3) is 1.84. The zero-order valence-electron chi connectivity index (χ0n) is 11.2. The average Bonchev–Trinajstić information content (AvgIpc) is 2.21. The summed E-state index contributed by atoms with van der Waals surface area (Å²) in [5, 5.41) is 10.7. The molecule has 0 spiro atoms. The molecule has 0 radical (unpaired) electrons. The Balaban J connectivity index is 2.24. The van der Waals surface area contributed by atoms with Crippen molar-refractivity contribution in [2.75, 3.05) is 0 Å². The molecule has 0 heterocycles. The van der Waals surface area contributed by atoms with Crippen molar-refractivity contribution in [2.45, 2.75) is 65.4 Å². The molecule has 3 atom stereocenters. The van der Waals surface area contributed by atoms with Crippen molar-refractivity contribution in [3.05, 3.63) is 11.6 Å². The molecular weight excluding hydrogens is 196 g/mol. The van der Waals surface area contributed by atoms with E-state index in [4.69, 9.17) is 0 Å². The van der Waals surface area contributed by atoms with Gasteiger partial charge in [-0.3, -0.25) is 0 Å². The van der Waals surface area contributed by atoms with E-state index in [0.29, 0.717) is 17.3 Å². The zero-order chi connectivity index (χ0) is 12.0. The third-order valence-corrected chi connectivity index (χ3v) is 5.33. The fourth-order valence-corrected chi connectivity index (χ4v) is 3.68. The maximum Gasteiger partial charge on any atom is 0.0676 e. The van der Waals surface area contributed by atoms with Gasteiger partial charge in [-0.15, -0.1) is 0 Å². The Bertz CT molecular complexity index is 305. The maximum absolute atomic E-state index is 10.7. The van der Waals surface area contributed by atoms with E-state index in [2.05, 4.69) is 33.8 Å².